The fourth-order valence-electron chi connectivity index (χ4n) is 2.87. The summed E-state index contributed by atoms with van der Waals surface area (Å²) in [7, 11) is 0. The van der Waals surface area contributed by atoms with E-state index >= 15 is 0 Å². The molecule has 0 saturated carbocycles. The molecular formula is C14H17ClN2O. The van der Waals surface area contributed by atoms with Gasteiger partial charge in [-0.3, -0.25) is 14.6 Å². The summed E-state index contributed by atoms with van der Waals surface area (Å²) < 4.78 is 0. The van der Waals surface area contributed by atoms with E-state index in [-0.39, 0.29) is 6.04 Å². The molecule has 18 heavy (non-hydrogen) atoms. The van der Waals surface area contributed by atoms with Gasteiger partial charge in [0.25, 0.3) is 0 Å². The Kier molecular flexibility index (Phi) is 3.37. The molecule has 1 aromatic carbocycles. The van der Waals surface area contributed by atoms with Gasteiger partial charge in [0.1, 0.15) is 0 Å². The van der Waals surface area contributed by atoms with Gasteiger partial charge in [0.05, 0.1) is 6.04 Å². The summed E-state index contributed by atoms with van der Waals surface area (Å²) in [5, 5.41) is 0.696. The highest BCUT2D eigenvalue weighted by Crippen LogP contribution is 2.20. The van der Waals surface area contributed by atoms with Crippen molar-refractivity contribution in [2.75, 3.05) is 32.7 Å². The van der Waals surface area contributed by atoms with Crippen molar-refractivity contribution in [2.24, 2.45) is 0 Å². The molecule has 3 aliphatic heterocycles. The van der Waals surface area contributed by atoms with Gasteiger partial charge in [0, 0.05) is 44.2 Å². The van der Waals surface area contributed by atoms with Gasteiger partial charge < -0.3 is 0 Å². The summed E-state index contributed by atoms with van der Waals surface area (Å²) >= 11 is 6.11. The molecule has 2 bridgehead atoms. The van der Waals surface area contributed by atoms with Crippen LogP contribution < -0.4 is 0 Å². The number of nitrogens with zero attached hydrogens (tertiary/aromatic N) is 2. The Balaban J connectivity index is 1.70. The molecule has 0 aliphatic carbocycles. The monoisotopic (exact) mass is 264 g/mol. The van der Waals surface area contributed by atoms with E-state index in [1.165, 1.54) is 0 Å². The van der Waals surface area contributed by atoms with Crippen molar-refractivity contribution < 1.29 is 4.79 Å². The maximum atomic E-state index is 12.4. The molecule has 3 nitrogen and oxygen atoms in total. The number of carbonyl (C=O) groups excluding carboxylic acids is 1. The minimum atomic E-state index is 0.0729. The van der Waals surface area contributed by atoms with Crippen molar-refractivity contribution >= 4 is 17.4 Å². The van der Waals surface area contributed by atoms with Crippen LogP contribution in [0, 0.1) is 0 Å². The number of rotatable bonds is 3. The molecule has 96 valence electrons. The van der Waals surface area contributed by atoms with E-state index in [0.717, 1.165) is 38.3 Å². The topological polar surface area (TPSA) is 23.6 Å². The standard InChI is InChI=1S/C14H17ClN2O/c15-12-4-2-1-3-11(12)9-14(18)13-10-16-5-7-17(13)8-6-16/h1-4,13H,5-10H2. The fraction of sp³-hybridized carbons (Fsp3) is 0.500. The van der Waals surface area contributed by atoms with E-state index in [9.17, 15) is 4.79 Å². The molecule has 1 unspecified atom stereocenters. The highest BCUT2D eigenvalue weighted by atomic mass is 35.5. The Morgan fingerprint density at radius 2 is 1.94 bits per heavy atom. The van der Waals surface area contributed by atoms with Crippen LogP contribution in [0.25, 0.3) is 0 Å². The molecule has 3 aliphatic rings. The lowest BCUT2D eigenvalue weighted by molar-refractivity contribution is -0.128. The third-order valence-electron chi connectivity index (χ3n) is 3.97. The summed E-state index contributed by atoms with van der Waals surface area (Å²) in [4.78, 5) is 17.1. The van der Waals surface area contributed by atoms with Crippen molar-refractivity contribution in [3.63, 3.8) is 0 Å². The van der Waals surface area contributed by atoms with Gasteiger partial charge in [-0.1, -0.05) is 29.8 Å². The minimum absolute atomic E-state index is 0.0729. The second kappa shape index (κ2) is 5.00. The van der Waals surface area contributed by atoms with Crippen LogP contribution in [-0.2, 0) is 11.2 Å². The largest absolute Gasteiger partial charge is 0.299 e. The summed E-state index contributed by atoms with van der Waals surface area (Å²) in [5.41, 5.74) is 0.946. The zero-order chi connectivity index (χ0) is 12.5. The van der Waals surface area contributed by atoms with Crippen LogP contribution in [-0.4, -0.2) is 54.3 Å². The van der Waals surface area contributed by atoms with E-state index in [4.69, 9.17) is 11.6 Å². The number of carbonyl (C=O) groups is 1. The van der Waals surface area contributed by atoms with Crippen molar-refractivity contribution in [1.82, 2.24) is 9.80 Å². The van der Waals surface area contributed by atoms with Gasteiger partial charge in [-0.2, -0.15) is 0 Å². The van der Waals surface area contributed by atoms with E-state index in [2.05, 4.69) is 9.80 Å². The van der Waals surface area contributed by atoms with E-state index < -0.39 is 0 Å². The Morgan fingerprint density at radius 1 is 1.22 bits per heavy atom. The van der Waals surface area contributed by atoms with Crippen LogP contribution in [0.4, 0.5) is 0 Å². The first-order valence-corrected chi connectivity index (χ1v) is 6.84. The van der Waals surface area contributed by atoms with Crippen LogP contribution >= 0.6 is 11.6 Å². The third kappa shape index (κ3) is 2.30. The number of hydrogen-bond donors (Lipinski definition) is 0. The number of Topliss-reactive ketones (excluding diaryl/α,β-unsaturated/α-hetero) is 1. The smallest absolute Gasteiger partial charge is 0.155 e. The molecule has 0 radical (unpaired) electrons. The Labute approximate surface area is 112 Å². The molecule has 4 rings (SSSR count). The zero-order valence-corrected chi connectivity index (χ0v) is 11.1. The molecule has 3 heterocycles. The number of piperazine rings is 3. The van der Waals surface area contributed by atoms with Gasteiger partial charge in [0.2, 0.25) is 0 Å². The highest BCUT2D eigenvalue weighted by Gasteiger charge is 2.35. The number of halogens is 1. The average molecular weight is 265 g/mol. The first-order valence-electron chi connectivity index (χ1n) is 6.46. The van der Waals surface area contributed by atoms with Crippen LogP contribution in [0.15, 0.2) is 24.3 Å². The van der Waals surface area contributed by atoms with Crippen LogP contribution in [0.1, 0.15) is 5.56 Å². The minimum Gasteiger partial charge on any atom is -0.299 e. The maximum Gasteiger partial charge on any atom is 0.155 e. The van der Waals surface area contributed by atoms with Crippen molar-refractivity contribution in [1.29, 1.82) is 0 Å². The third-order valence-corrected chi connectivity index (χ3v) is 4.34. The van der Waals surface area contributed by atoms with Crippen molar-refractivity contribution in [3.8, 4) is 0 Å². The first-order chi connectivity index (χ1) is 8.74. The Bertz CT molecular complexity index is 455. The predicted octanol–water partition coefficient (Wildman–Crippen LogP) is 1.45. The maximum absolute atomic E-state index is 12.4. The molecule has 4 heteroatoms. The quantitative estimate of drug-likeness (QED) is 0.826. The summed E-state index contributed by atoms with van der Waals surface area (Å²) in [6.07, 6.45) is 0.453. The highest BCUT2D eigenvalue weighted by molar-refractivity contribution is 6.31. The molecule has 1 atom stereocenters. The van der Waals surface area contributed by atoms with Crippen LogP contribution in [0.3, 0.4) is 0 Å². The molecule has 1 aromatic rings. The lowest BCUT2D eigenvalue weighted by Gasteiger charge is -2.46. The van der Waals surface area contributed by atoms with Gasteiger partial charge in [-0.05, 0) is 11.6 Å². The number of fused-ring (bicyclic) bond motifs is 3. The van der Waals surface area contributed by atoms with Crippen LogP contribution in [0.5, 0.6) is 0 Å². The average Bonchev–Trinajstić information content (AvgIpc) is 2.42. The molecule has 0 N–H and O–H groups in total. The zero-order valence-electron chi connectivity index (χ0n) is 10.3. The van der Waals surface area contributed by atoms with Gasteiger partial charge in [-0.25, -0.2) is 0 Å². The predicted molar refractivity (Wildman–Crippen MR) is 72.0 cm³/mol. The normalized spacial score (nSPS) is 30.4. The van der Waals surface area contributed by atoms with E-state index in [1.54, 1.807) is 0 Å². The molecular weight excluding hydrogens is 248 g/mol. The van der Waals surface area contributed by atoms with Gasteiger partial charge >= 0.3 is 0 Å². The lowest BCUT2D eigenvalue weighted by Crippen LogP contribution is -2.63. The first kappa shape index (κ1) is 12.2. The SMILES string of the molecule is O=C(Cc1ccccc1Cl)C1CN2CCN1CC2. The van der Waals surface area contributed by atoms with Gasteiger partial charge in [-0.15, -0.1) is 0 Å². The lowest BCUT2D eigenvalue weighted by atomic mass is 9.98. The second-order valence-electron chi connectivity index (χ2n) is 5.09. The van der Waals surface area contributed by atoms with Crippen molar-refractivity contribution in [2.45, 2.75) is 12.5 Å². The second-order valence-corrected chi connectivity index (χ2v) is 5.49. The molecule has 0 spiro atoms. The molecule has 3 fully saturated rings. The fourth-order valence-corrected chi connectivity index (χ4v) is 3.07. The summed E-state index contributed by atoms with van der Waals surface area (Å²) in [6.45, 7) is 5.16. The molecule has 3 saturated heterocycles. The van der Waals surface area contributed by atoms with Crippen LogP contribution in [0.2, 0.25) is 5.02 Å². The summed E-state index contributed by atoms with van der Waals surface area (Å²) in [6, 6.07) is 7.70. The molecule has 0 aromatic heterocycles. The number of benzene rings is 1. The summed E-state index contributed by atoms with van der Waals surface area (Å²) in [5.74, 6) is 0.299. The van der Waals surface area contributed by atoms with Crippen molar-refractivity contribution in [3.05, 3.63) is 34.9 Å². The Morgan fingerprint density at radius 3 is 2.56 bits per heavy atom. The number of ketones is 1. The van der Waals surface area contributed by atoms with E-state index in [0.29, 0.717) is 17.2 Å². The molecule has 0 amide bonds. The van der Waals surface area contributed by atoms with Gasteiger partial charge in [0.15, 0.2) is 5.78 Å². The van der Waals surface area contributed by atoms with E-state index in [1.807, 2.05) is 24.3 Å². The number of hydrogen-bond acceptors (Lipinski definition) is 3. The Hall–Kier alpha value is -0.900.